The Balaban J connectivity index is 1.71. The number of hydrogen-bond donors (Lipinski definition) is 1. The van der Waals surface area contributed by atoms with Crippen molar-refractivity contribution in [3.05, 3.63) is 35.1 Å². The summed E-state index contributed by atoms with van der Waals surface area (Å²) in [5.74, 6) is -0.444. The SMILES string of the molecule is Cc1cc(F)ccc1C(=O)NC1CC2CCC1O2. The van der Waals surface area contributed by atoms with Gasteiger partial charge in [-0.15, -0.1) is 0 Å². The molecule has 1 N–H and O–H groups in total. The molecule has 2 fully saturated rings. The van der Waals surface area contributed by atoms with E-state index < -0.39 is 0 Å². The van der Waals surface area contributed by atoms with Gasteiger partial charge in [0.15, 0.2) is 0 Å². The van der Waals surface area contributed by atoms with Gasteiger partial charge in [-0.1, -0.05) is 0 Å². The van der Waals surface area contributed by atoms with Crippen LogP contribution in [0.4, 0.5) is 4.39 Å². The van der Waals surface area contributed by atoms with Crippen molar-refractivity contribution in [1.82, 2.24) is 5.32 Å². The Kier molecular flexibility index (Phi) is 2.82. The third-order valence-corrected chi connectivity index (χ3v) is 3.86. The highest BCUT2D eigenvalue weighted by molar-refractivity contribution is 5.95. The Hall–Kier alpha value is -1.42. The van der Waals surface area contributed by atoms with E-state index in [2.05, 4.69) is 5.32 Å². The van der Waals surface area contributed by atoms with E-state index >= 15 is 0 Å². The number of benzene rings is 1. The van der Waals surface area contributed by atoms with Gasteiger partial charge in [0.1, 0.15) is 5.82 Å². The summed E-state index contributed by atoms with van der Waals surface area (Å²) in [4.78, 5) is 12.1. The minimum Gasteiger partial charge on any atom is -0.373 e. The monoisotopic (exact) mass is 249 g/mol. The highest BCUT2D eigenvalue weighted by Gasteiger charge is 2.41. The Morgan fingerprint density at radius 2 is 2.28 bits per heavy atom. The van der Waals surface area contributed by atoms with Crippen LogP contribution in [0.25, 0.3) is 0 Å². The minimum absolute atomic E-state index is 0.112. The summed E-state index contributed by atoms with van der Waals surface area (Å²) in [6.45, 7) is 1.75. The van der Waals surface area contributed by atoms with Crippen LogP contribution in [0.2, 0.25) is 0 Å². The van der Waals surface area contributed by atoms with Crippen LogP contribution in [0.1, 0.15) is 35.2 Å². The van der Waals surface area contributed by atoms with Crippen molar-refractivity contribution in [2.24, 2.45) is 0 Å². The zero-order chi connectivity index (χ0) is 12.7. The standard InChI is InChI=1S/C14H16FNO2/c1-8-6-9(15)2-4-11(8)14(17)16-12-7-10-3-5-13(12)18-10/h2,4,6,10,12-13H,3,5,7H2,1H3,(H,16,17). The Labute approximate surface area is 105 Å². The lowest BCUT2D eigenvalue weighted by molar-refractivity contribution is 0.0840. The highest BCUT2D eigenvalue weighted by Crippen LogP contribution is 2.34. The number of halogens is 1. The Bertz CT molecular complexity index is 489. The highest BCUT2D eigenvalue weighted by atomic mass is 19.1. The van der Waals surface area contributed by atoms with Gasteiger partial charge >= 0.3 is 0 Å². The van der Waals surface area contributed by atoms with Crippen molar-refractivity contribution in [3.63, 3.8) is 0 Å². The zero-order valence-corrected chi connectivity index (χ0v) is 10.3. The number of rotatable bonds is 2. The number of carbonyl (C=O) groups is 1. The van der Waals surface area contributed by atoms with Gasteiger partial charge in [-0.3, -0.25) is 4.79 Å². The van der Waals surface area contributed by atoms with Crippen LogP contribution < -0.4 is 5.32 Å². The molecule has 0 saturated carbocycles. The molecule has 0 spiro atoms. The number of carbonyl (C=O) groups excluding carboxylic acids is 1. The zero-order valence-electron chi connectivity index (χ0n) is 10.3. The molecule has 0 radical (unpaired) electrons. The molecule has 1 aromatic carbocycles. The molecule has 2 heterocycles. The lowest BCUT2D eigenvalue weighted by atomic mass is 9.95. The Morgan fingerprint density at radius 1 is 1.44 bits per heavy atom. The van der Waals surface area contributed by atoms with Crippen molar-refractivity contribution in [2.45, 2.75) is 44.4 Å². The van der Waals surface area contributed by atoms with Gasteiger partial charge in [-0.05, 0) is 49.9 Å². The first-order chi connectivity index (χ1) is 8.63. The van der Waals surface area contributed by atoms with Crippen LogP contribution >= 0.6 is 0 Å². The number of nitrogens with one attached hydrogen (secondary N) is 1. The normalized spacial score (nSPS) is 29.6. The van der Waals surface area contributed by atoms with E-state index in [-0.39, 0.29) is 23.9 Å². The third-order valence-electron chi connectivity index (χ3n) is 3.86. The fraction of sp³-hybridized carbons (Fsp3) is 0.500. The average Bonchev–Trinajstić information content (AvgIpc) is 2.90. The summed E-state index contributed by atoms with van der Waals surface area (Å²) < 4.78 is 18.7. The van der Waals surface area contributed by atoms with Gasteiger partial charge in [-0.2, -0.15) is 0 Å². The van der Waals surface area contributed by atoms with Crippen molar-refractivity contribution < 1.29 is 13.9 Å². The van der Waals surface area contributed by atoms with Crippen LogP contribution in [0.5, 0.6) is 0 Å². The summed E-state index contributed by atoms with van der Waals surface area (Å²) in [5, 5.41) is 3.00. The molecular weight excluding hydrogens is 233 g/mol. The summed E-state index contributed by atoms with van der Waals surface area (Å²) in [7, 11) is 0. The molecule has 0 aliphatic carbocycles. The van der Waals surface area contributed by atoms with E-state index in [1.54, 1.807) is 6.92 Å². The predicted molar refractivity (Wildman–Crippen MR) is 64.9 cm³/mol. The van der Waals surface area contributed by atoms with Gasteiger partial charge in [0.05, 0.1) is 18.2 Å². The summed E-state index contributed by atoms with van der Waals surface area (Å²) in [5.41, 5.74) is 1.20. The lowest BCUT2D eigenvalue weighted by Crippen LogP contribution is -2.41. The van der Waals surface area contributed by atoms with E-state index in [1.807, 2.05) is 0 Å². The molecule has 0 aromatic heterocycles. The predicted octanol–water partition coefficient (Wildman–Crippen LogP) is 2.18. The van der Waals surface area contributed by atoms with E-state index in [4.69, 9.17) is 4.74 Å². The number of ether oxygens (including phenoxy) is 1. The van der Waals surface area contributed by atoms with Crippen LogP contribution in [-0.2, 0) is 4.74 Å². The first kappa shape index (κ1) is 11.7. The quantitative estimate of drug-likeness (QED) is 0.872. The first-order valence-electron chi connectivity index (χ1n) is 6.36. The van der Waals surface area contributed by atoms with Crippen molar-refractivity contribution >= 4 is 5.91 Å². The molecule has 2 aliphatic heterocycles. The van der Waals surface area contributed by atoms with Crippen molar-refractivity contribution in [3.8, 4) is 0 Å². The van der Waals surface area contributed by atoms with E-state index in [9.17, 15) is 9.18 Å². The second kappa shape index (κ2) is 4.35. The molecule has 96 valence electrons. The fourth-order valence-electron chi connectivity index (χ4n) is 2.92. The van der Waals surface area contributed by atoms with E-state index in [0.717, 1.165) is 19.3 Å². The van der Waals surface area contributed by atoms with Gasteiger partial charge in [-0.25, -0.2) is 4.39 Å². The molecule has 1 amide bonds. The van der Waals surface area contributed by atoms with Gasteiger partial charge in [0.25, 0.3) is 5.91 Å². The minimum atomic E-state index is -0.313. The third kappa shape index (κ3) is 2.01. The summed E-state index contributed by atoms with van der Waals surface area (Å²) >= 11 is 0. The van der Waals surface area contributed by atoms with Gasteiger partial charge in [0, 0.05) is 5.56 Å². The molecular formula is C14H16FNO2. The second-order valence-corrected chi connectivity index (χ2v) is 5.15. The summed E-state index contributed by atoms with van der Waals surface area (Å²) in [6.07, 6.45) is 3.51. The molecule has 1 aromatic rings. The fourth-order valence-corrected chi connectivity index (χ4v) is 2.92. The Morgan fingerprint density at radius 3 is 2.89 bits per heavy atom. The number of aryl methyl sites for hydroxylation is 1. The van der Waals surface area contributed by atoms with Crippen LogP contribution in [0, 0.1) is 12.7 Å². The van der Waals surface area contributed by atoms with Crippen LogP contribution in [0.15, 0.2) is 18.2 Å². The lowest BCUT2D eigenvalue weighted by Gasteiger charge is -2.20. The molecule has 18 heavy (non-hydrogen) atoms. The molecule has 3 atom stereocenters. The molecule has 2 bridgehead atoms. The topological polar surface area (TPSA) is 38.3 Å². The molecule has 2 saturated heterocycles. The molecule has 3 rings (SSSR count). The first-order valence-corrected chi connectivity index (χ1v) is 6.36. The number of fused-ring (bicyclic) bond motifs is 2. The van der Waals surface area contributed by atoms with Crippen molar-refractivity contribution in [2.75, 3.05) is 0 Å². The number of hydrogen-bond acceptors (Lipinski definition) is 2. The molecule has 2 aliphatic rings. The maximum absolute atomic E-state index is 13.0. The maximum Gasteiger partial charge on any atom is 0.251 e. The molecule has 4 heteroatoms. The van der Waals surface area contributed by atoms with E-state index in [1.165, 1.54) is 18.2 Å². The van der Waals surface area contributed by atoms with E-state index in [0.29, 0.717) is 17.2 Å². The second-order valence-electron chi connectivity index (χ2n) is 5.15. The molecule has 3 unspecified atom stereocenters. The van der Waals surface area contributed by atoms with Crippen molar-refractivity contribution in [1.29, 1.82) is 0 Å². The average molecular weight is 249 g/mol. The summed E-state index contributed by atoms with van der Waals surface area (Å²) in [6, 6.07) is 4.35. The largest absolute Gasteiger partial charge is 0.373 e. The number of amides is 1. The van der Waals surface area contributed by atoms with Gasteiger partial charge in [0.2, 0.25) is 0 Å². The van der Waals surface area contributed by atoms with Crippen LogP contribution in [0.3, 0.4) is 0 Å². The maximum atomic E-state index is 13.0. The van der Waals surface area contributed by atoms with Gasteiger partial charge < -0.3 is 10.1 Å². The smallest absolute Gasteiger partial charge is 0.251 e. The van der Waals surface area contributed by atoms with Crippen LogP contribution in [-0.4, -0.2) is 24.2 Å². The molecule has 3 nitrogen and oxygen atoms in total.